The molecule has 164 valence electrons. The molecule has 0 heterocycles. The first kappa shape index (κ1) is 21.2. The van der Waals surface area contributed by atoms with E-state index in [1.165, 1.54) is 0 Å². The fourth-order valence-corrected chi connectivity index (χ4v) is 7.10. The number of carbonyl (C=O) groups is 4. The van der Waals surface area contributed by atoms with Gasteiger partial charge >= 0.3 is 5.97 Å². The molecule has 0 unspecified atom stereocenters. The van der Waals surface area contributed by atoms with Crippen molar-refractivity contribution >= 4 is 24.0 Å². The van der Waals surface area contributed by atoms with Crippen molar-refractivity contribution in [3.05, 3.63) is 11.1 Å². The molecule has 4 rings (SSSR count). The topological polar surface area (TPSA) is 138 Å². The third kappa shape index (κ3) is 2.46. The molecule has 0 radical (unpaired) electrons. The molecular formula is C22H28O8. The van der Waals surface area contributed by atoms with Gasteiger partial charge in [-0.05, 0) is 30.6 Å². The average Bonchev–Trinajstić information content (AvgIpc) is 3.31. The molecule has 0 aromatic rings. The van der Waals surface area contributed by atoms with Gasteiger partial charge in [0.2, 0.25) is 0 Å². The predicted molar refractivity (Wildman–Crippen MR) is 102 cm³/mol. The van der Waals surface area contributed by atoms with E-state index in [4.69, 9.17) is 4.74 Å². The highest BCUT2D eigenvalue weighted by atomic mass is 16.5. The molecule has 8 heteroatoms. The number of hydrogen-bond acceptors (Lipinski definition) is 7. The molecular weight excluding hydrogens is 392 g/mol. The van der Waals surface area contributed by atoms with Crippen LogP contribution in [0.4, 0.5) is 0 Å². The molecule has 0 aromatic carbocycles. The van der Waals surface area contributed by atoms with Crippen molar-refractivity contribution in [1.29, 1.82) is 0 Å². The first-order valence-electron chi connectivity index (χ1n) is 10.5. The molecule has 4 aliphatic carbocycles. The molecule has 2 saturated carbocycles. The predicted octanol–water partition coefficient (Wildman–Crippen LogP) is 1.03. The van der Waals surface area contributed by atoms with Crippen molar-refractivity contribution < 1.29 is 39.2 Å². The minimum atomic E-state index is -1.48. The maximum absolute atomic E-state index is 13.5. The van der Waals surface area contributed by atoms with Gasteiger partial charge in [0, 0.05) is 22.5 Å². The highest BCUT2D eigenvalue weighted by Gasteiger charge is 2.72. The van der Waals surface area contributed by atoms with Crippen molar-refractivity contribution in [1.82, 2.24) is 0 Å². The van der Waals surface area contributed by atoms with Gasteiger partial charge in [-0.25, -0.2) is 0 Å². The lowest BCUT2D eigenvalue weighted by molar-refractivity contribution is -0.170. The molecule has 0 saturated heterocycles. The zero-order valence-electron chi connectivity index (χ0n) is 17.4. The van der Waals surface area contributed by atoms with E-state index in [9.17, 15) is 34.5 Å². The van der Waals surface area contributed by atoms with Gasteiger partial charge in [-0.15, -0.1) is 0 Å². The fourth-order valence-electron chi connectivity index (χ4n) is 7.10. The number of aliphatic hydroxyl groups is 2. The number of carbonyl (C=O) groups excluding carboxylic acids is 3. The Kier molecular flexibility index (Phi) is 4.57. The van der Waals surface area contributed by atoms with Crippen LogP contribution in [0.25, 0.3) is 0 Å². The number of aliphatic hydroxyl groups excluding tert-OH is 2. The minimum absolute atomic E-state index is 0.00687. The van der Waals surface area contributed by atoms with Crippen molar-refractivity contribution in [2.45, 2.75) is 71.2 Å². The van der Waals surface area contributed by atoms with E-state index >= 15 is 0 Å². The summed E-state index contributed by atoms with van der Waals surface area (Å²) in [7, 11) is 0. The van der Waals surface area contributed by atoms with Crippen LogP contribution in [0.2, 0.25) is 0 Å². The zero-order valence-corrected chi connectivity index (χ0v) is 17.4. The smallest absolute Gasteiger partial charge is 0.303 e. The average molecular weight is 420 g/mol. The second-order valence-corrected chi connectivity index (χ2v) is 10.1. The summed E-state index contributed by atoms with van der Waals surface area (Å²) in [6, 6.07) is 0. The van der Waals surface area contributed by atoms with Crippen LogP contribution in [0.1, 0.15) is 52.9 Å². The van der Waals surface area contributed by atoms with Crippen molar-refractivity contribution in [3.8, 4) is 0 Å². The maximum atomic E-state index is 13.5. The van der Waals surface area contributed by atoms with Gasteiger partial charge in [0.25, 0.3) is 6.47 Å². The Labute approximate surface area is 174 Å². The van der Waals surface area contributed by atoms with E-state index < -0.39 is 58.0 Å². The summed E-state index contributed by atoms with van der Waals surface area (Å²) >= 11 is 0. The van der Waals surface area contributed by atoms with Crippen LogP contribution in [0.3, 0.4) is 0 Å². The summed E-state index contributed by atoms with van der Waals surface area (Å²) in [5, 5.41) is 31.7. The maximum Gasteiger partial charge on any atom is 0.303 e. The summed E-state index contributed by atoms with van der Waals surface area (Å²) in [6.45, 7) is 5.44. The second kappa shape index (κ2) is 6.47. The van der Waals surface area contributed by atoms with E-state index in [2.05, 4.69) is 0 Å². The minimum Gasteiger partial charge on any atom is -0.481 e. The van der Waals surface area contributed by atoms with E-state index in [0.29, 0.717) is 25.7 Å². The van der Waals surface area contributed by atoms with Gasteiger partial charge in [0.1, 0.15) is 6.10 Å². The number of fused-ring (bicyclic) bond motifs is 2. The van der Waals surface area contributed by atoms with Gasteiger partial charge in [0.05, 0.1) is 17.9 Å². The SMILES string of the molecule is C[C@@H]1C[C@]12C(=O)C1=C(C(=O)[C@@H]2O)[C@@]2(C)CCC[C@](C)(CC(=O)O)[C@@H]2[C@H](O)[C@H]1OC=O. The molecule has 3 N–H and O–H groups in total. The van der Waals surface area contributed by atoms with Crippen LogP contribution >= 0.6 is 0 Å². The summed E-state index contributed by atoms with van der Waals surface area (Å²) < 4.78 is 5.18. The molecule has 0 amide bonds. The molecule has 8 atom stereocenters. The third-order valence-corrected chi connectivity index (χ3v) is 8.43. The Balaban J connectivity index is 1.95. The molecule has 2 fully saturated rings. The number of Topliss-reactive ketones (excluding diaryl/α,β-unsaturated/α-hetero) is 2. The number of ketones is 2. The van der Waals surface area contributed by atoms with Crippen molar-refractivity contribution in [2.24, 2.45) is 28.1 Å². The van der Waals surface area contributed by atoms with Crippen molar-refractivity contribution in [2.75, 3.05) is 0 Å². The Bertz CT molecular complexity index is 876. The number of carboxylic acids is 1. The molecule has 30 heavy (non-hydrogen) atoms. The lowest BCUT2D eigenvalue weighted by Gasteiger charge is -2.59. The van der Waals surface area contributed by atoms with Crippen LogP contribution in [0.5, 0.6) is 0 Å². The van der Waals surface area contributed by atoms with Crippen LogP contribution in [0.15, 0.2) is 11.1 Å². The normalized spacial score (nSPS) is 47.6. The quantitative estimate of drug-likeness (QED) is 0.573. The third-order valence-electron chi connectivity index (χ3n) is 8.43. The monoisotopic (exact) mass is 420 g/mol. The van der Waals surface area contributed by atoms with Gasteiger partial charge in [-0.2, -0.15) is 0 Å². The molecule has 1 spiro atoms. The van der Waals surface area contributed by atoms with Gasteiger partial charge in [-0.3, -0.25) is 19.2 Å². The second-order valence-electron chi connectivity index (χ2n) is 10.1. The Morgan fingerprint density at radius 1 is 1.23 bits per heavy atom. The molecule has 0 bridgehead atoms. The first-order valence-corrected chi connectivity index (χ1v) is 10.5. The van der Waals surface area contributed by atoms with Crippen LogP contribution in [-0.4, -0.2) is 57.6 Å². The van der Waals surface area contributed by atoms with Gasteiger partial charge < -0.3 is 20.1 Å². The number of ether oxygens (including phenoxy) is 1. The van der Waals surface area contributed by atoms with E-state index in [0.717, 1.165) is 0 Å². The summed E-state index contributed by atoms with van der Waals surface area (Å²) in [4.78, 5) is 49.9. The largest absolute Gasteiger partial charge is 0.481 e. The Morgan fingerprint density at radius 2 is 1.87 bits per heavy atom. The Morgan fingerprint density at radius 3 is 2.40 bits per heavy atom. The lowest BCUT2D eigenvalue weighted by atomic mass is 9.45. The molecule has 8 nitrogen and oxygen atoms in total. The van der Waals surface area contributed by atoms with Crippen molar-refractivity contribution in [3.63, 3.8) is 0 Å². The molecule has 0 aliphatic heterocycles. The van der Waals surface area contributed by atoms with E-state index in [-0.39, 0.29) is 30.0 Å². The highest BCUT2D eigenvalue weighted by molar-refractivity contribution is 6.19. The summed E-state index contributed by atoms with van der Waals surface area (Å²) in [6.07, 6.45) is -2.45. The van der Waals surface area contributed by atoms with Crippen LogP contribution in [0, 0.1) is 28.1 Å². The van der Waals surface area contributed by atoms with E-state index in [1.807, 2.05) is 0 Å². The van der Waals surface area contributed by atoms with Crippen LogP contribution < -0.4 is 0 Å². The molecule has 0 aromatic heterocycles. The summed E-state index contributed by atoms with van der Waals surface area (Å²) in [5.74, 6) is -2.95. The molecule has 4 aliphatic rings. The van der Waals surface area contributed by atoms with Gasteiger partial charge in [0.15, 0.2) is 17.7 Å². The summed E-state index contributed by atoms with van der Waals surface area (Å²) in [5.41, 5.74) is -3.00. The highest BCUT2D eigenvalue weighted by Crippen LogP contribution is 2.67. The number of hydrogen-bond donors (Lipinski definition) is 3. The lowest BCUT2D eigenvalue weighted by Crippen LogP contribution is -2.63. The zero-order chi connectivity index (χ0) is 22.2. The Hall–Kier alpha value is -2.06. The standard InChI is InChI=1S/C22H28O8/c1-10-7-22(10)18(28)12-13(14(26)19(22)29)21(3)6-4-5-20(2,8-11(24)25)17(21)15(27)16(12)30-9-23/h9-10,15-17,19,27,29H,4-8H2,1-3H3,(H,24,25)/t10-,15-,16+,17+,19+,20-,21-,22-/m1/s1. The van der Waals surface area contributed by atoms with Gasteiger partial charge in [-0.1, -0.05) is 27.2 Å². The number of rotatable bonds is 4. The van der Waals surface area contributed by atoms with Crippen LogP contribution in [-0.2, 0) is 23.9 Å². The number of carboxylic acid groups (broad SMARTS) is 1. The fraction of sp³-hybridized carbons (Fsp3) is 0.727. The number of aliphatic carboxylic acids is 1. The first-order chi connectivity index (χ1) is 14.0. The van der Waals surface area contributed by atoms with E-state index in [1.54, 1.807) is 20.8 Å².